The van der Waals surface area contributed by atoms with E-state index in [1.165, 1.54) is 6.07 Å². The van der Waals surface area contributed by atoms with E-state index in [9.17, 15) is 19.1 Å². The molecule has 1 aliphatic carbocycles. The Morgan fingerprint density at radius 2 is 2.04 bits per heavy atom. The van der Waals surface area contributed by atoms with Crippen molar-refractivity contribution >= 4 is 11.9 Å². The van der Waals surface area contributed by atoms with Gasteiger partial charge in [-0.3, -0.25) is 9.59 Å². The summed E-state index contributed by atoms with van der Waals surface area (Å²) in [4.78, 5) is 26.0. The highest BCUT2D eigenvalue weighted by Crippen LogP contribution is 2.32. The number of aromatic nitrogens is 2. The van der Waals surface area contributed by atoms with Gasteiger partial charge in [-0.05, 0) is 44.7 Å². The molecule has 2 heterocycles. The average Bonchev–Trinajstić information content (AvgIpc) is 3.29. The highest BCUT2D eigenvalue weighted by Gasteiger charge is 2.40. The largest absolute Gasteiger partial charge is 0.481 e. The molecule has 1 saturated heterocycles. The summed E-state index contributed by atoms with van der Waals surface area (Å²) in [5.74, 6) is -2.07. The van der Waals surface area contributed by atoms with Crippen LogP contribution in [0.3, 0.4) is 0 Å². The van der Waals surface area contributed by atoms with Gasteiger partial charge in [0.25, 0.3) is 5.91 Å². The Balaban J connectivity index is 1.72. The third-order valence-corrected chi connectivity index (χ3v) is 5.55. The molecule has 0 bridgehead atoms. The molecule has 1 N–H and O–H groups in total. The van der Waals surface area contributed by atoms with Gasteiger partial charge in [-0.1, -0.05) is 12.1 Å². The Hall–Kier alpha value is -2.70. The second-order valence-corrected chi connectivity index (χ2v) is 6.96. The van der Waals surface area contributed by atoms with Crippen LogP contribution in [0, 0.1) is 11.7 Å². The molecule has 136 valence electrons. The number of benzene rings is 1. The number of nitrogens with zero attached hydrogens (tertiary/aromatic N) is 3. The number of carboxylic acid groups (broad SMARTS) is 1. The summed E-state index contributed by atoms with van der Waals surface area (Å²) in [5, 5.41) is 13.7. The van der Waals surface area contributed by atoms with Crippen LogP contribution in [-0.2, 0) is 17.6 Å². The number of carbonyl (C=O) groups is 2. The van der Waals surface area contributed by atoms with Gasteiger partial charge in [-0.2, -0.15) is 5.10 Å². The Labute approximate surface area is 150 Å². The van der Waals surface area contributed by atoms with E-state index >= 15 is 0 Å². The number of carbonyl (C=O) groups excluding carboxylic acids is 1. The van der Waals surface area contributed by atoms with E-state index in [1.807, 2.05) is 0 Å². The monoisotopic (exact) mass is 357 g/mol. The fourth-order valence-electron chi connectivity index (χ4n) is 4.12. The molecule has 2 atom stereocenters. The molecule has 2 aromatic rings. The zero-order valence-corrected chi connectivity index (χ0v) is 14.5. The average molecular weight is 357 g/mol. The lowest BCUT2D eigenvalue weighted by molar-refractivity contribution is -0.142. The van der Waals surface area contributed by atoms with Gasteiger partial charge in [0.1, 0.15) is 11.5 Å². The van der Waals surface area contributed by atoms with Crippen molar-refractivity contribution in [3.05, 3.63) is 47.0 Å². The lowest BCUT2D eigenvalue weighted by Crippen LogP contribution is -2.38. The van der Waals surface area contributed by atoms with Crippen LogP contribution in [0.15, 0.2) is 24.3 Å². The Morgan fingerprint density at radius 1 is 1.27 bits per heavy atom. The molecule has 6 nitrogen and oxygen atoms in total. The molecule has 0 saturated carbocycles. The number of hydrogen-bond donors (Lipinski definition) is 1. The summed E-state index contributed by atoms with van der Waals surface area (Å²) >= 11 is 0. The van der Waals surface area contributed by atoms with Gasteiger partial charge in [-0.25, -0.2) is 9.07 Å². The lowest BCUT2D eigenvalue weighted by Gasteiger charge is -2.22. The molecule has 7 heteroatoms. The van der Waals surface area contributed by atoms with Crippen LogP contribution in [0.2, 0.25) is 0 Å². The summed E-state index contributed by atoms with van der Waals surface area (Å²) in [6.07, 6.45) is 2.82. The minimum atomic E-state index is -0.880. The molecule has 1 aliphatic heterocycles. The predicted molar refractivity (Wildman–Crippen MR) is 91.8 cm³/mol. The van der Waals surface area contributed by atoms with Crippen molar-refractivity contribution in [1.29, 1.82) is 0 Å². The highest BCUT2D eigenvalue weighted by atomic mass is 19.1. The van der Waals surface area contributed by atoms with E-state index in [1.54, 1.807) is 34.7 Å². The number of likely N-dealkylation sites (tertiary alicyclic amines) is 1. The standard InChI is InChI=1S/C19H20FN3O3/c1-11-12(19(25)26)9-10-22(11)18(24)17-13-5-4-8-15(13)23(21-17)16-7-3-2-6-14(16)20/h2-3,6-7,11-12H,4-5,8-10H2,1H3,(H,25,26). The summed E-state index contributed by atoms with van der Waals surface area (Å²) in [6.45, 7) is 2.16. The van der Waals surface area contributed by atoms with Gasteiger partial charge in [0.2, 0.25) is 0 Å². The van der Waals surface area contributed by atoms with Crippen LogP contribution >= 0.6 is 0 Å². The first-order chi connectivity index (χ1) is 12.5. The smallest absolute Gasteiger partial charge is 0.308 e. The zero-order chi connectivity index (χ0) is 18.4. The van der Waals surface area contributed by atoms with Crippen LogP contribution in [0.4, 0.5) is 4.39 Å². The quantitative estimate of drug-likeness (QED) is 0.915. The van der Waals surface area contributed by atoms with Gasteiger partial charge < -0.3 is 10.0 Å². The Kier molecular flexibility index (Phi) is 4.01. The summed E-state index contributed by atoms with van der Waals surface area (Å²) < 4.78 is 15.8. The van der Waals surface area contributed by atoms with Crippen molar-refractivity contribution in [2.24, 2.45) is 5.92 Å². The molecule has 2 unspecified atom stereocenters. The number of hydrogen-bond acceptors (Lipinski definition) is 3. The maximum atomic E-state index is 14.2. The topological polar surface area (TPSA) is 75.4 Å². The molecular weight excluding hydrogens is 337 g/mol. The molecule has 1 amide bonds. The number of rotatable bonds is 3. The highest BCUT2D eigenvalue weighted by molar-refractivity contribution is 5.95. The first kappa shape index (κ1) is 16.8. The summed E-state index contributed by atoms with van der Waals surface area (Å²) in [6, 6.07) is 6.00. The number of amides is 1. The number of para-hydroxylation sites is 1. The molecule has 0 spiro atoms. The first-order valence-electron chi connectivity index (χ1n) is 8.88. The van der Waals surface area contributed by atoms with Crippen LogP contribution in [0.25, 0.3) is 5.69 Å². The molecule has 2 aliphatic rings. The van der Waals surface area contributed by atoms with E-state index in [2.05, 4.69) is 5.10 Å². The number of carboxylic acids is 1. The van der Waals surface area contributed by atoms with E-state index < -0.39 is 11.9 Å². The molecular formula is C19H20FN3O3. The Bertz CT molecular complexity index is 892. The maximum absolute atomic E-state index is 14.2. The van der Waals surface area contributed by atoms with E-state index in [0.29, 0.717) is 24.3 Å². The number of aliphatic carboxylic acids is 1. The van der Waals surface area contributed by atoms with Crippen molar-refractivity contribution in [2.45, 2.75) is 38.6 Å². The van der Waals surface area contributed by atoms with Crippen molar-refractivity contribution < 1.29 is 19.1 Å². The van der Waals surface area contributed by atoms with Crippen LogP contribution in [-0.4, -0.2) is 44.3 Å². The third kappa shape index (κ3) is 2.50. The lowest BCUT2D eigenvalue weighted by atomic mass is 10.0. The van der Waals surface area contributed by atoms with Crippen molar-refractivity contribution in [2.75, 3.05) is 6.54 Å². The van der Waals surface area contributed by atoms with Crippen molar-refractivity contribution in [3.8, 4) is 5.69 Å². The Morgan fingerprint density at radius 3 is 2.73 bits per heavy atom. The van der Waals surface area contributed by atoms with Crippen molar-refractivity contribution in [1.82, 2.24) is 14.7 Å². The maximum Gasteiger partial charge on any atom is 0.308 e. The fraction of sp³-hybridized carbons (Fsp3) is 0.421. The van der Waals surface area contributed by atoms with Crippen LogP contribution in [0.1, 0.15) is 41.5 Å². The van der Waals surface area contributed by atoms with E-state index in [4.69, 9.17) is 0 Å². The SMILES string of the molecule is CC1C(C(=O)O)CCN1C(=O)c1nn(-c2ccccc2F)c2c1CCC2. The second-order valence-electron chi connectivity index (χ2n) is 6.96. The van der Waals surface area contributed by atoms with E-state index in [-0.39, 0.29) is 17.8 Å². The minimum Gasteiger partial charge on any atom is -0.481 e. The van der Waals surface area contributed by atoms with Gasteiger partial charge in [0.15, 0.2) is 5.69 Å². The van der Waals surface area contributed by atoms with Crippen LogP contribution in [0.5, 0.6) is 0 Å². The van der Waals surface area contributed by atoms with Gasteiger partial charge in [0, 0.05) is 23.8 Å². The van der Waals surface area contributed by atoms with Crippen LogP contribution < -0.4 is 0 Å². The molecule has 4 rings (SSSR count). The minimum absolute atomic E-state index is 0.255. The molecule has 26 heavy (non-hydrogen) atoms. The summed E-state index contributed by atoms with van der Waals surface area (Å²) in [5.41, 5.74) is 2.41. The molecule has 1 aromatic carbocycles. The van der Waals surface area contributed by atoms with Crippen molar-refractivity contribution in [3.63, 3.8) is 0 Å². The van der Waals surface area contributed by atoms with E-state index in [0.717, 1.165) is 30.5 Å². The third-order valence-electron chi connectivity index (χ3n) is 5.55. The number of halogens is 1. The summed E-state index contributed by atoms with van der Waals surface area (Å²) in [7, 11) is 0. The first-order valence-corrected chi connectivity index (χ1v) is 8.88. The molecule has 0 radical (unpaired) electrons. The normalized spacial score (nSPS) is 21.8. The van der Waals surface area contributed by atoms with Gasteiger partial charge in [-0.15, -0.1) is 0 Å². The fourth-order valence-corrected chi connectivity index (χ4v) is 4.12. The predicted octanol–water partition coefficient (Wildman–Crippen LogP) is 2.44. The zero-order valence-electron chi connectivity index (χ0n) is 14.5. The molecule has 1 fully saturated rings. The molecule has 1 aromatic heterocycles. The van der Waals surface area contributed by atoms with Gasteiger partial charge in [0.05, 0.1) is 5.92 Å². The number of fused-ring (bicyclic) bond motifs is 1. The second kappa shape index (κ2) is 6.23. The van der Waals surface area contributed by atoms with Gasteiger partial charge >= 0.3 is 5.97 Å².